The van der Waals surface area contributed by atoms with Gasteiger partial charge in [0.2, 0.25) is 15.0 Å². The maximum atomic E-state index is 14.4. The lowest BCUT2D eigenvalue weighted by atomic mass is 10.1. The van der Waals surface area contributed by atoms with Gasteiger partial charge in [-0.3, -0.25) is 4.79 Å². The van der Waals surface area contributed by atoms with E-state index in [1.807, 2.05) is 0 Å². The molecule has 0 N–H and O–H groups in total. The monoisotopic (exact) mass is 533 g/mol. The third kappa shape index (κ3) is 6.41. The smallest absolute Gasteiger partial charge is 0.257 e. The quantitative estimate of drug-likeness (QED) is 0.374. The molecule has 0 spiro atoms. The van der Waals surface area contributed by atoms with Gasteiger partial charge in [-0.15, -0.1) is 0 Å². The molecule has 1 aliphatic rings. The lowest BCUT2D eigenvalue weighted by Gasteiger charge is -2.24. The van der Waals surface area contributed by atoms with Crippen LogP contribution in [0.1, 0.15) is 34.5 Å². The molecule has 1 unspecified atom stereocenters. The first-order chi connectivity index (χ1) is 17.8. The summed E-state index contributed by atoms with van der Waals surface area (Å²) in [4.78, 5) is 18.8. The second kappa shape index (κ2) is 11.9. The van der Waals surface area contributed by atoms with E-state index in [0.717, 1.165) is 12.8 Å². The fraction of sp³-hybridized carbons (Fsp3) is 0.385. The third-order valence-corrected chi connectivity index (χ3v) is 7.78. The number of nitrogens with zero attached hydrogens (tertiary/aromatic N) is 3. The highest BCUT2D eigenvalue weighted by Gasteiger charge is 2.29. The van der Waals surface area contributed by atoms with Crippen LogP contribution in [0.4, 0.5) is 8.78 Å². The van der Waals surface area contributed by atoms with Crippen molar-refractivity contribution in [1.82, 2.24) is 14.5 Å². The van der Waals surface area contributed by atoms with Crippen LogP contribution in [0.2, 0.25) is 0 Å². The van der Waals surface area contributed by atoms with Crippen molar-refractivity contribution in [3.8, 4) is 0 Å². The van der Waals surface area contributed by atoms with E-state index in [-0.39, 0.29) is 48.6 Å². The molecular formula is C26H29F2N3O5S. The van der Waals surface area contributed by atoms with Crippen LogP contribution in [0.5, 0.6) is 0 Å². The van der Waals surface area contributed by atoms with Gasteiger partial charge in [0.1, 0.15) is 11.6 Å². The minimum atomic E-state index is -4.05. The molecule has 3 aromatic rings. The Morgan fingerprint density at radius 1 is 1.16 bits per heavy atom. The average Bonchev–Trinajstić information content (AvgIpc) is 3.54. The zero-order valence-corrected chi connectivity index (χ0v) is 21.3. The number of halogens is 2. The number of rotatable bonds is 11. The molecule has 198 valence electrons. The van der Waals surface area contributed by atoms with Gasteiger partial charge >= 0.3 is 0 Å². The number of benzene rings is 2. The van der Waals surface area contributed by atoms with Crippen molar-refractivity contribution in [1.29, 1.82) is 0 Å². The molecule has 0 bridgehead atoms. The van der Waals surface area contributed by atoms with Gasteiger partial charge in [-0.25, -0.2) is 22.2 Å². The SMILES string of the molecule is COCCN(Cc1cnc(S(=O)(=O)Cc2ccccc2F)n1CC1CCCO1)C(=O)c1ccccc1F. The number of ether oxygens (including phenoxy) is 2. The molecule has 4 rings (SSSR count). The Balaban J connectivity index is 1.69. The molecule has 0 radical (unpaired) electrons. The average molecular weight is 534 g/mol. The minimum Gasteiger partial charge on any atom is -0.383 e. The number of carbonyl (C=O) groups excluding carboxylic acids is 1. The number of methoxy groups -OCH3 is 1. The number of amides is 1. The molecule has 1 fully saturated rings. The largest absolute Gasteiger partial charge is 0.383 e. The molecule has 1 atom stereocenters. The number of hydrogen-bond acceptors (Lipinski definition) is 6. The molecule has 11 heteroatoms. The summed E-state index contributed by atoms with van der Waals surface area (Å²) in [6.07, 6.45) is 2.74. The van der Waals surface area contributed by atoms with E-state index in [9.17, 15) is 22.0 Å². The highest BCUT2D eigenvalue weighted by Crippen LogP contribution is 2.24. The predicted molar refractivity (Wildman–Crippen MR) is 132 cm³/mol. The lowest BCUT2D eigenvalue weighted by Crippen LogP contribution is -2.35. The van der Waals surface area contributed by atoms with Crippen molar-refractivity contribution in [2.24, 2.45) is 0 Å². The van der Waals surface area contributed by atoms with Crippen LogP contribution in [0, 0.1) is 11.6 Å². The van der Waals surface area contributed by atoms with Crippen molar-refractivity contribution in [2.45, 2.75) is 42.9 Å². The van der Waals surface area contributed by atoms with Crippen LogP contribution in [-0.4, -0.2) is 61.7 Å². The molecule has 1 amide bonds. The zero-order valence-electron chi connectivity index (χ0n) is 20.5. The first-order valence-corrected chi connectivity index (χ1v) is 13.6. The normalized spacial score (nSPS) is 15.7. The van der Waals surface area contributed by atoms with Gasteiger partial charge in [0.25, 0.3) is 5.91 Å². The van der Waals surface area contributed by atoms with Gasteiger partial charge in [-0.2, -0.15) is 0 Å². The topological polar surface area (TPSA) is 90.7 Å². The first-order valence-electron chi connectivity index (χ1n) is 11.9. The van der Waals surface area contributed by atoms with Gasteiger partial charge in [0, 0.05) is 25.8 Å². The van der Waals surface area contributed by atoms with Crippen LogP contribution < -0.4 is 0 Å². The van der Waals surface area contributed by atoms with E-state index in [2.05, 4.69) is 4.98 Å². The van der Waals surface area contributed by atoms with Gasteiger partial charge in [0.15, 0.2) is 0 Å². The van der Waals surface area contributed by atoms with Crippen LogP contribution in [0.3, 0.4) is 0 Å². The second-order valence-corrected chi connectivity index (χ2v) is 10.7. The number of aromatic nitrogens is 2. The highest BCUT2D eigenvalue weighted by atomic mass is 32.2. The Labute approximate surface area is 214 Å². The third-order valence-electron chi connectivity index (χ3n) is 6.20. The van der Waals surface area contributed by atoms with Crippen molar-refractivity contribution in [3.05, 3.63) is 83.2 Å². The van der Waals surface area contributed by atoms with Crippen molar-refractivity contribution in [2.75, 3.05) is 26.9 Å². The van der Waals surface area contributed by atoms with Crippen LogP contribution in [0.25, 0.3) is 0 Å². The Morgan fingerprint density at radius 3 is 2.57 bits per heavy atom. The highest BCUT2D eigenvalue weighted by molar-refractivity contribution is 7.90. The summed E-state index contributed by atoms with van der Waals surface area (Å²) in [5.74, 6) is -2.40. The summed E-state index contributed by atoms with van der Waals surface area (Å²) in [5, 5.41) is -0.230. The molecule has 1 aliphatic heterocycles. The fourth-order valence-electron chi connectivity index (χ4n) is 4.29. The molecule has 0 aliphatic carbocycles. The predicted octanol–water partition coefficient (Wildman–Crippen LogP) is 3.60. The van der Waals surface area contributed by atoms with Gasteiger partial charge in [-0.1, -0.05) is 30.3 Å². The summed E-state index contributed by atoms with van der Waals surface area (Å²) in [6, 6.07) is 11.3. The summed E-state index contributed by atoms with van der Waals surface area (Å²) in [7, 11) is -2.56. The van der Waals surface area contributed by atoms with Crippen LogP contribution in [0.15, 0.2) is 59.9 Å². The molecule has 1 saturated heterocycles. The van der Waals surface area contributed by atoms with Crippen LogP contribution in [-0.2, 0) is 38.2 Å². The Morgan fingerprint density at radius 2 is 1.89 bits per heavy atom. The first kappa shape index (κ1) is 26.9. The van der Waals surface area contributed by atoms with E-state index < -0.39 is 33.1 Å². The molecule has 2 aromatic carbocycles. The number of sulfone groups is 1. The Bertz CT molecular complexity index is 1340. The Kier molecular flexibility index (Phi) is 8.67. The zero-order chi connectivity index (χ0) is 26.4. The summed E-state index contributed by atoms with van der Waals surface area (Å²) < 4.78 is 67.8. The van der Waals surface area contributed by atoms with Gasteiger partial charge in [-0.05, 0) is 31.0 Å². The number of carbonyl (C=O) groups is 1. The molecule has 1 aromatic heterocycles. The minimum absolute atomic E-state index is 0.0344. The van der Waals surface area contributed by atoms with E-state index in [1.54, 1.807) is 12.1 Å². The standard InChI is InChI=1S/C26H29F2N3O5S/c1-35-14-12-30(25(32)22-9-3-5-11-24(22)28)16-20-15-29-26(31(20)17-21-8-6-13-36-21)37(33,34)18-19-7-2-4-10-23(19)27/h2-5,7,9-11,15,21H,6,8,12-14,16-18H2,1H3. The summed E-state index contributed by atoms with van der Waals surface area (Å²) in [5.41, 5.74) is 0.367. The Hall–Kier alpha value is -3.15. The molecule has 0 saturated carbocycles. The number of hydrogen-bond donors (Lipinski definition) is 0. The van der Waals surface area contributed by atoms with Gasteiger partial charge < -0.3 is 18.9 Å². The maximum Gasteiger partial charge on any atom is 0.257 e. The molecular weight excluding hydrogens is 504 g/mol. The van der Waals surface area contributed by atoms with E-state index >= 15 is 0 Å². The van der Waals surface area contributed by atoms with Gasteiger partial charge in [0.05, 0.1) is 49.0 Å². The molecule has 8 nitrogen and oxygen atoms in total. The second-order valence-electron chi connectivity index (χ2n) is 8.83. The van der Waals surface area contributed by atoms with Crippen molar-refractivity contribution in [3.63, 3.8) is 0 Å². The lowest BCUT2D eigenvalue weighted by molar-refractivity contribution is 0.0664. The molecule has 37 heavy (non-hydrogen) atoms. The van der Waals surface area contributed by atoms with Crippen LogP contribution >= 0.6 is 0 Å². The molecule has 2 heterocycles. The number of imidazole rings is 1. The van der Waals surface area contributed by atoms with E-state index in [1.165, 1.54) is 59.2 Å². The van der Waals surface area contributed by atoms with Crippen molar-refractivity contribution < 1.29 is 31.5 Å². The summed E-state index contributed by atoms with van der Waals surface area (Å²) in [6.45, 7) is 1.07. The van der Waals surface area contributed by atoms with E-state index in [4.69, 9.17) is 9.47 Å². The maximum absolute atomic E-state index is 14.4. The summed E-state index contributed by atoms with van der Waals surface area (Å²) >= 11 is 0. The van der Waals surface area contributed by atoms with E-state index in [0.29, 0.717) is 12.3 Å². The van der Waals surface area contributed by atoms with Crippen molar-refractivity contribution >= 4 is 15.7 Å². The fourth-order valence-corrected chi connectivity index (χ4v) is 5.81.